The normalized spacial score (nSPS) is 12.0. The molecule has 1 N–H and O–H groups in total. The zero-order chi connectivity index (χ0) is 18.4. The molecule has 3 rings (SSSR count). The van der Waals surface area contributed by atoms with Gasteiger partial charge in [-0.15, -0.1) is 22.7 Å². The second kappa shape index (κ2) is 8.91. The summed E-state index contributed by atoms with van der Waals surface area (Å²) in [4.78, 5) is 29.5. The Balaban J connectivity index is 1.52. The zero-order valence-corrected chi connectivity index (χ0v) is 16.1. The van der Waals surface area contributed by atoms with Gasteiger partial charge in [-0.3, -0.25) is 9.59 Å². The summed E-state index contributed by atoms with van der Waals surface area (Å²) in [7, 11) is 1.35. The Labute approximate surface area is 160 Å². The van der Waals surface area contributed by atoms with Gasteiger partial charge in [0.05, 0.1) is 34.8 Å². The number of thiophene rings is 1. The van der Waals surface area contributed by atoms with Crippen LogP contribution in [0, 0.1) is 0 Å². The van der Waals surface area contributed by atoms with Gasteiger partial charge in [0, 0.05) is 11.3 Å². The lowest BCUT2D eigenvalue weighted by atomic mass is 10.1. The average Bonchev–Trinajstić information content (AvgIpc) is 3.30. The van der Waals surface area contributed by atoms with Gasteiger partial charge in [0.25, 0.3) is 0 Å². The third-order valence-corrected chi connectivity index (χ3v) is 6.04. The Bertz CT molecular complexity index is 841. The smallest absolute Gasteiger partial charge is 0.307 e. The van der Waals surface area contributed by atoms with Gasteiger partial charge in [0.2, 0.25) is 5.91 Å². The average molecular weight is 389 g/mol. The number of carbonyl (C=O) groups is 2. The number of carbonyl (C=O) groups excluding carboxylic acids is 2. The lowest BCUT2D eigenvalue weighted by Crippen LogP contribution is -2.29. The van der Waals surface area contributed by atoms with Crippen molar-refractivity contribution in [2.24, 2.45) is 0 Å². The second-order valence-corrected chi connectivity index (χ2v) is 7.94. The summed E-state index contributed by atoms with van der Waals surface area (Å²) in [6, 6.07) is 11.5. The highest BCUT2D eigenvalue weighted by atomic mass is 32.1. The molecule has 1 amide bonds. The lowest BCUT2D eigenvalue weighted by Gasteiger charge is -2.16. The Morgan fingerprint density at radius 1 is 1.23 bits per heavy atom. The summed E-state index contributed by atoms with van der Waals surface area (Å²) in [5.41, 5.74) is 1.01. The van der Waals surface area contributed by atoms with Gasteiger partial charge in [0.15, 0.2) is 0 Å². The number of amides is 1. The summed E-state index contributed by atoms with van der Waals surface area (Å²) in [5.74, 6) is -0.397. The van der Waals surface area contributed by atoms with Crippen LogP contribution in [0.15, 0.2) is 41.8 Å². The first-order chi connectivity index (χ1) is 12.7. The maximum absolute atomic E-state index is 12.3. The van der Waals surface area contributed by atoms with Crippen molar-refractivity contribution in [2.75, 3.05) is 7.11 Å². The highest BCUT2D eigenvalue weighted by Crippen LogP contribution is 2.24. The molecule has 2 aromatic heterocycles. The number of para-hydroxylation sites is 1. The summed E-state index contributed by atoms with van der Waals surface area (Å²) in [5, 5.41) is 5.93. The van der Waals surface area contributed by atoms with E-state index in [-0.39, 0.29) is 24.3 Å². The molecular formula is C19H20N2O3S2. The minimum absolute atomic E-state index is 0.0617. The maximum Gasteiger partial charge on any atom is 0.307 e. The lowest BCUT2D eigenvalue weighted by molar-refractivity contribution is -0.141. The fourth-order valence-corrected chi connectivity index (χ4v) is 4.44. The van der Waals surface area contributed by atoms with E-state index in [1.165, 1.54) is 23.1 Å². The Morgan fingerprint density at radius 3 is 2.81 bits per heavy atom. The molecule has 0 spiro atoms. The molecule has 1 atom stereocenters. The monoisotopic (exact) mass is 388 g/mol. The van der Waals surface area contributed by atoms with Crippen molar-refractivity contribution in [3.8, 4) is 0 Å². The number of methoxy groups -OCH3 is 1. The quantitative estimate of drug-likeness (QED) is 0.590. The van der Waals surface area contributed by atoms with Gasteiger partial charge in [-0.1, -0.05) is 18.2 Å². The van der Waals surface area contributed by atoms with Gasteiger partial charge < -0.3 is 10.1 Å². The van der Waals surface area contributed by atoms with Crippen LogP contribution in [0.5, 0.6) is 0 Å². The van der Waals surface area contributed by atoms with Crippen molar-refractivity contribution >= 4 is 44.8 Å². The maximum atomic E-state index is 12.3. The molecule has 7 heteroatoms. The molecule has 1 unspecified atom stereocenters. The van der Waals surface area contributed by atoms with Crippen LogP contribution in [0.4, 0.5) is 0 Å². The summed E-state index contributed by atoms with van der Waals surface area (Å²) in [6.07, 6.45) is 2.04. The summed E-state index contributed by atoms with van der Waals surface area (Å²) < 4.78 is 5.90. The van der Waals surface area contributed by atoms with Crippen LogP contribution >= 0.6 is 22.7 Å². The second-order valence-electron chi connectivity index (χ2n) is 5.84. The molecule has 0 bridgehead atoms. The van der Waals surface area contributed by atoms with E-state index in [0.717, 1.165) is 28.2 Å². The number of rotatable bonds is 8. The topological polar surface area (TPSA) is 68.3 Å². The first-order valence-corrected chi connectivity index (χ1v) is 10.1. The number of esters is 1. The first-order valence-electron chi connectivity index (χ1n) is 8.39. The van der Waals surface area contributed by atoms with Crippen LogP contribution in [0.25, 0.3) is 10.2 Å². The first kappa shape index (κ1) is 18.5. The number of nitrogens with zero attached hydrogens (tertiary/aromatic N) is 1. The van der Waals surface area contributed by atoms with Gasteiger partial charge >= 0.3 is 5.97 Å². The van der Waals surface area contributed by atoms with Crippen LogP contribution < -0.4 is 5.32 Å². The van der Waals surface area contributed by atoms with Gasteiger partial charge in [-0.25, -0.2) is 4.98 Å². The van der Waals surface area contributed by atoms with E-state index in [2.05, 4.69) is 16.4 Å². The minimum Gasteiger partial charge on any atom is -0.469 e. The molecule has 5 nitrogen and oxygen atoms in total. The van der Waals surface area contributed by atoms with E-state index in [4.69, 9.17) is 4.74 Å². The zero-order valence-electron chi connectivity index (χ0n) is 14.4. The highest BCUT2D eigenvalue weighted by molar-refractivity contribution is 7.18. The predicted octanol–water partition coefficient (Wildman–Crippen LogP) is 4.10. The molecule has 0 aliphatic carbocycles. The SMILES string of the molecule is COC(=O)CC(NC(=O)CCCc1nc2ccccc2s1)c1cccs1. The molecule has 1 aromatic carbocycles. The number of hydrogen-bond donors (Lipinski definition) is 1. The fraction of sp³-hybridized carbons (Fsp3) is 0.316. The summed E-state index contributed by atoms with van der Waals surface area (Å²) >= 11 is 3.19. The number of thiazole rings is 1. The predicted molar refractivity (Wildman–Crippen MR) is 104 cm³/mol. The van der Waals surface area contributed by atoms with Crippen LogP contribution in [0.3, 0.4) is 0 Å². The van der Waals surface area contributed by atoms with Crippen molar-refractivity contribution in [1.82, 2.24) is 10.3 Å². The number of hydrogen-bond acceptors (Lipinski definition) is 6. The largest absolute Gasteiger partial charge is 0.469 e. The van der Waals surface area contributed by atoms with Crippen molar-refractivity contribution in [3.05, 3.63) is 51.7 Å². The molecule has 0 aliphatic heterocycles. The standard InChI is InChI=1S/C19H20N2O3S2/c1-24-19(23)12-14(15-8-5-11-25-15)20-17(22)9-4-10-18-21-13-6-2-3-7-16(13)26-18/h2-3,5-8,11,14H,4,9-10,12H2,1H3,(H,20,22). The molecule has 136 valence electrons. The molecule has 0 saturated carbocycles. The molecule has 0 aliphatic rings. The Hall–Kier alpha value is -2.25. The van der Waals surface area contributed by atoms with Gasteiger partial charge in [-0.2, -0.15) is 0 Å². The molecule has 0 fully saturated rings. The van der Waals surface area contributed by atoms with Gasteiger partial charge in [0.1, 0.15) is 0 Å². The van der Waals surface area contributed by atoms with E-state index < -0.39 is 0 Å². The number of nitrogens with one attached hydrogen (secondary N) is 1. The van der Waals surface area contributed by atoms with Crippen LogP contribution in [0.1, 0.15) is 35.2 Å². The van der Waals surface area contributed by atoms with E-state index >= 15 is 0 Å². The van der Waals surface area contributed by atoms with Gasteiger partial charge in [-0.05, 0) is 36.4 Å². The fourth-order valence-electron chi connectivity index (χ4n) is 2.66. The highest BCUT2D eigenvalue weighted by Gasteiger charge is 2.19. The number of aryl methyl sites for hydroxylation is 1. The third kappa shape index (κ3) is 4.89. The third-order valence-electron chi connectivity index (χ3n) is 3.95. The molecule has 2 heterocycles. The molecule has 0 saturated heterocycles. The van der Waals surface area contributed by atoms with E-state index in [0.29, 0.717) is 6.42 Å². The number of benzene rings is 1. The molecule has 0 radical (unpaired) electrons. The van der Waals surface area contributed by atoms with E-state index in [1.54, 1.807) is 11.3 Å². The number of ether oxygens (including phenoxy) is 1. The molecule has 26 heavy (non-hydrogen) atoms. The van der Waals surface area contributed by atoms with Crippen LogP contribution in [-0.4, -0.2) is 24.0 Å². The van der Waals surface area contributed by atoms with Crippen LogP contribution in [0.2, 0.25) is 0 Å². The van der Waals surface area contributed by atoms with Crippen molar-refractivity contribution in [3.63, 3.8) is 0 Å². The molecular weight excluding hydrogens is 368 g/mol. The van der Waals surface area contributed by atoms with Crippen molar-refractivity contribution < 1.29 is 14.3 Å². The van der Waals surface area contributed by atoms with Crippen molar-refractivity contribution in [1.29, 1.82) is 0 Å². The molecule has 3 aromatic rings. The van der Waals surface area contributed by atoms with Crippen LogP contribution in [-0.2, 0) is 20.7 Å². The Morgan fingerprint density at radius 2 is 2.08 bits per heavy atom. The van der Waals surface area contributed by atoms with Crippen molar-refractivity contribution in [2.45, 2.75) is 31.7 Å². The minimum atomic E-state index is -0.336. The summed E-state index contributed by atoms with van der Waals surface area (Å²) in [6.45, 7) is 0. The van der Waals surface area contributed by atoms with E-state index in [9.17, 15) is 9.59 Å². The Kier molecular flexibility index (Phi) is 6.35. The van der Waals surface area contributed by atoms with E-state index in [1.807, 2.05) is 35.7 Å². The number of aromatic nitrogens is 1. The number of fused-ring (bicyclic) bond motifs is 1.